The molecular formula is C18H34O4S2. The molecule has 0 atom stereocenters. The largest absolute Gasteiger partial charge is 0.481 e. The molecule has 0 radical (unpaired) electrons. The van der Waals surface area contributed by atoms with Crippen molar-refractivity contribution >= 4 is 35.5 Å². The van der Waals surface area contributed by atoms with Crippen molar-refractivity contribution in [1.82, 2.24) is 0 Å². The molecule has 0 amide bonds. The van der Waals surface area contributed by atoms with Crippen molar-refractivity contribution in [2.75, 3.05) is 23.0 Å². The highest BCUT2D eigenvalue weighted by Gasteiger charge is 2.19. The summed E-state index contributed by atoms with van der Waals surface area (Å²) in [4.78, 5) is 21.3. The fraction of sp³-hybridized carbons (Fsp3) is 0.889. The molecule has 0 aromatic heterocycles. The van der Waals surface area contributed by atoms with Gasteiger partial charge in [0.15, 0.2) is 0 Å². The first kappa shape index (κ1) is 23.6. The van der Waals surface area contributed by atoms with E-state index in [2.05, 4.69) is 27.7 Å². The summed E-state index contributed by atoms with van der Waals surface area (Å²) in [6.07, 6.45) is 4.10. The van der Waals surface area contributed by atoms with Gasteiger partial charge in [-0.05, 0) is 48.0 Å². The van der Waals surface area contributed by atoms with E-state index in [1.54, 1.807) is 0 Å². The topological polar surface area (TPSA) is 74.6 Å². The number of carbonyl (C=O) groups is 2. The van der Waals surface area contributed by atoms with E-state index in [-0.39, 0.29) is 23.7 Å². The Bertz CT molecular complexity index is 345. The van der Waals surface area contributed by atoms with Gasteiger partial charge in [-0.1, -0.05) is 27.7 Å². The molecule has 0 aliphatic heterocycles. The summed E-state index contributed by atoms with van der Waals surface area (Å²) >= 11 is 3.88. The summed E-state index contributed by atoms with van der Waals surface area (Å²) in [5, 5.41) is 17.5. The SMILES string of the molecule is CC(C)(CCSCCSCCC(C)(C)CCC(=O)O)CCC(=O)O. The van der Waals surface area contributed by atoms with E-state index in [1.165, 1.54) is 0 Å². The molecule has 0 bridgehead atoms. The highest BCUT2D eigenvalue weighted by atomic mass is 32.2. The molecule has 0 saturated heterocycles. The number of hydrogen-bond acceptors (Lipinski definition) is 4. The second kappa shape index (κ2) is 12.1. The minimum Gasteiger partial charge on any atom is -0.481 e. The van der Waals surface area contributed by atoms with E-state index in [0.717, 1.165) is 48.7 Å². The lowest BCUT2D eigenvalue weighted by atomic mass is 9.85. The normalized spacial score (nSPS) is 12.3. The molecule has 0 rings (SSSR count). The Morgan fingerprint density at radius 2 is 1.00 bits per heavy atom. The second-order valence-corrected chi connectivity index (χ2v) is 10.3. The fourth-order valence-corrected chi connectivity index (χ4v) is 4.90. The monoisotopic (exact) mass is 378 g/mol. The van der Waals surface area contributed by atoms with Gasteiger partial charge in [-0.2, -0.15) is 23.5 Å². The standard InChI is InChI=1S/C18H34O4S2/c1-17(2,7-5-15(19)20)9-11-23-13-14-24-12-10-18(3,4)8-6-16(21)22/h5-14H2,1-4H3,(H,19,20)(H,21,22). The van der Waals surface area contributed by atoms with Crippen LogP contribution in [0.15, 0.2) is 0 Å². The third kappa shape index (κ3) is 15.2. The van der Waals surface area contributed by atoms with Gasteiger partial charge in [0.2, 0.25) is 0 Å². The van der Waals surface area contributed by atoms with Crippen LogP contribution in [0.1, 0.15) is 66.2 Å². The lowest BCUT2D eigenvalue weighted by molar-refractivity contribution is -0.138. The Morgan fingerprint density at radius 3 is 1.29 bits per heavy atom. The summed E-state index contributed by atoms with van der Waals surface area (Å²) in [5.74, 6) is 2.98. The van der Waals surface area contributed by atoms with Gasteiger partial charge in [-0.25, -0.2) is 0 Å². The first-order valence-corrected chi connectivity index (χ1v) is 10.9. The van der Waals surface area contributed by atoms with E-state index < -0.39 is 11.9 Å². The van der Waals surface area contributed by atoms with Crippen LogP contribution >= 0.6 is 23.5 Å². The molecule has 0 spiro atoms. The molecule has 0 unspecified atom stereocenters. The minimum absolute atomic E-state index is 0.104. The van der Waals surface area contributed by atoms with Crippen LogP contribution in [0.5, 0.6) is 0 Å². The van der Waals surface area contributed by atoms with Gasteiger partial charge in [0.1, 0.15) is 0 Å². The summed E-state index contributed by atoms with van der Waals surface area (Å²) in [5.41, 5.74) is 0.208. The molecule has 0 aromatic rings. The summed E-state index contributed by atoms with van der Waals surface area (Å²) < 4.78 is 0. The van der Waals surface area contributed by atoms with Gasteiger partial charge >= 0.3 is 11.9 Å². The van der Waals surface area contributed by atoms with Crippen LogP contribution in [0.2, 0.25) is 0 Å². The molecule has 0 aliphatic rings. The molecule has 0 saturated carbocycles. The molecule has 142 valence electrons. The molecule has 6 heteroatoms. The predicted molar refractivity (Wildman–Crippen MR) is 105 cm³/mol. The van der Waals surface area contributed by atoms with Crippen molar-refractivity contribution in [3.05, 3.63) is 0 Å². The van der Waals surface area contributed by atoms with E-state index in [4.69, 9.17) is 10.2 Å². The third-order valence-electron chi connectivity index (χ3n) is 4.25. The average molecular weight is 379 g/mol. The van der Waals surface area contributed by atoms with Gasteiger partial charge < -0.3 is 10.2 Å². The number of rotatable bonds is 15. The molecular weight excluding hydrogens is 344 g/mol. The first-order chi connectivity index (χ1) is 11.0. The zero-order valence-electron chi connectivity index (χ0n) is 15.6. The minimum atomic E-state index is -0.710. The van der Waals surface area contributed by atoms with Crippen LogP contribution in [-0.2, 0) is 9.59 Å². The van der Waals surface area contributed by atoms with Crippen LogP contribution < -0.4 is 0 Å². The number of carboxylic acid groups (broad SMARTS) is 2. The van der Waals surface area contributed by atoms with Crippen molar-refractivity contribution in [2.45, 2.75) is 66.2 Å². The lowest BCUT2D eigenvalue weighted by Gasteiger charge is -2.24. The summed E-state index contributed by atoms with van der Waals surface area (Å²) in [7, 11) is 0. The molecule has 0 fully saturated rings. The quantitative estimate of drug-likeness (QED) is 0.390. The summed E-state index contributed by atoms with van der Waals surface area (Å²) in [6, 6.07) is 0. The van der Waals surface area contributed by atoms with E-state index in [9.17, 15) is 9.59 Å². The van der Waals surface area contributed by atoms with Gasteiger partial charge in [-0.15, -0.1) is 0 Å². The Labute approximate surface area is 155 Å². The molecule has 0 heterocycles. The Hall–Kier alpha value is -0.360. The smallest absolute Gasteiger partial charge is 0.303 e. The molecule has 2 N–H and O–H groups in total. The van der Waals surface area contributed by atoms with Crippen molar-refractivity contribution in [3.63, 3.8) is 0 Å². The van der Waals surface area contributed by atoms with E-state index in [1.807, 2.05) is 23.5 Å². The zero-order chi connectivity index (χ0) is 18.6. The number of hydrogen-bond donors (Lipinski definition) is 2. The van der Waals surface area contributed by atoms with Crippen LogP contribution in [-0.4, -0.2) is 45.2 Å². The Kier molecular flexibility index (Phi) is 11.9. The maximum absolute atomic E-state index is 10.6. The van der Waals surface area contributed by atoms with Gasteiger partial charge in [0, 0.05) is 24.3 Å². The van der Waals surface area contributed by atoms with Gasteiger partial charge in [-0.3, -0.25) is 9.59 Å². The Balaban J connectivity index is 3.60. The van der Waals surface area contributed by atoms with Crippen LogP contribution in [0, 0.1) is 10.8 Å². The lowest BCUT2D eigenvalue weighted by Crippen LogP contribution is -2.15. The fourth-order valence-electron chi connectivity index (χ4n) is 2.16. The maximum Gasteiger partial charge on any atom is 0.303 e. The molecule has 0 aliphatic carbocycles. The van der Waals surface area contributed by atoms with Crippen molar-refractivity contribution < 1.29 is 19.8 Å². The van der Waals surface area contributed by atoms with E-state index >= 15 is 0 Å². The van der Waals surface area contributed by atoms with Gasteiger partial charge in [0.25, 0.3) is 0 Å². The summed E-state index contributed by atoms with van der Waals surface area (Å²) in [6.45, 7) is 8.57. The third-order valence-corrected chi connectivity index (χ3v) is 6.48. The first-order valence-electron chi connectivity index (χ1n) is 8.63. The molecule has 4 nitrogen and oxygen atoms in total. The van der Waals surface area contributed by atoms with Crippen LogP contribution in [0.4, 0.5) is 0 Å². The van der Waals surface area contributed by atoms with Crippen molar-refractivity contribution in [1.29, 1.82) is 0 Å². The van der Waals surface area contributed by atoms with Crippen molar-refractivity contribution in [2.24, 2.45) is 10.8 Å². The maximum atomic E-state index is 10.6. The van der Waals surface area contributed by atoms with Crippen molar-refractivity contribution in [3.8, 4) is 0 Å². The molecule has 24 heavy (non-hydrogen) atoms. The average Bonchev–Trinajstić information content (AvgIpc) is 2.46. The predicted octanol–water partition coefficient (Wildman–Crippen LogP) is 5.02. The molecule has 0 aromatic carbocycles. The van der Waals surface area contributed by atoms with E-state index in [0.29, 0.717) is 0 Å². The zero-order valence-corrected chi connectivity index (χ0v) is 17.2. The number of thioether (sulfide) groups is 2. The highest BCUT2D eigenvalue weighted by molar-refractivity contribution is 8.02. The van der Waals surface area contributed by atoms with Gasteiger partial charge in [0.05, 0.1) is 0 Å². The Morgan fingerprint density at radius 1 is 0.667 bits per heavy atom. The van der Waals surface area contributed by atoms with Crippen LogP contribution in [0.3, 0.4) is 0 Å². The second-order valence-electron chi connectivity index (χ2n) is 7.84. The van der Waals surface area contributed by atoms with Crippen LogP contribution in [0.25, 0.3) is 0 Å². The number of aliphatic carboxylic acids is 2. The number of carboxylic acids is 2. The highest BCUT2D eigenvalue weighted by Crippen LogP contribution is 2.30.